The van der Waals surface area contributed by atoms with E-state index in [0.717, 1.165) is 18.7 Å². The summed E-state index contributed by atoms with van der Waals surface area (Å²) in [5, 5.41) is 12.2. The van der Waals surface area contributed by atoms with Crippen LogP contribution >= 0.6 is 0 Å². The number of carbonyl (C=O) groups excluding carboxylic acids is 1. The largest absolute Gasteiger partial charge is 0.490 e. The number of nitrogens with zero attached hydrogens (tertiary/aromatic N) is 4. The highest BCUT2D eigenvalue weighted by molar-refractivity contribution is 6.04. The lowest BCUT2D eigenvalue weighted by Gasteiger charge is -2.35. The number of aromatic nitrogens is 2. The summed E-state index contributed by atoms with van der Waals surface area (Å²) in [5.41, 5.74) is 0.0477. The van der Waals surface area contributed by atoms with Crippen LogP contribution in [0.3, 0.4) is 0 Å². The molecule has 0 spiro atoms. The van der Waals surface area contributed by atoms with Crippen LogP contribution in [0.5, 0.6) is 5.75 Å². The molecule has 11 nitrogen and oxygen atoms in total. The van der Waals surface area contributed by atoms with Gasteiger partial charge in [-0.15, -0.1) is 0 Å². The molecule has 1 unspecified atom stereocenters. The minimum atomic E-state index is -1.14. The normalized spacial score (nSPS) is 24.6. The number of hydrogen-bond donors (Lipinski definition) is 2. The van der Waals surface area contributed by atoms with Gasteiger partial charge in [-0.1, -0.05) is 0 Å². The summed E-state index contributed by atoms with van der Waals surface area (Å²) in [6.07, 6.45) is 2.31. The van der Waals surface area contributed by atoms with Crippen LogP contribution in [-0.2, 0) is 9.47 Å². The molecule has 5 rings (SSSR count). The van der Waals surface area contributed by atoms with Crippen LogP contribution in [0.15, 0.2) is 30.5 Å². The molecule has 0 aromatic carbocycles. The molecular weight excluding hydrogens is 442 g/mol. The highest BCUT2D eigenvalue weighted by Gasteiger charge is 2.43. The van der Waals surface area contributed by atoms with Gasteiger partial charge in [0, 0.05) is 25.4 Å². The minimum absolute atomic E-state index is 0.105. The first-order valence-corrected chi connectivity index (χ1v) is 11.1. The van der Waals surface area contributed by atoms with Gasteiger partial charge in [0.2, 0.25) is 0 Å². The SMILES string of the molecule is CC1(C)OC[C@@](C)(COc2ccnc(NC(=O)N3c4nc(C(=O)O)ccc4N4CCC3C4)c2)O1. The van der Waals surface area contributed by atoms with Crippen molar-refractivity contribution in [2.24, 2.45) is 0 Å². The Morgan fingerprint density at radius 2 is 2.12 bits per heavy atom. The number of hydrogen-bond acceptors (Lipinski definition) is 8. The molecule has 0 aliphatic carbocycles. The first-order chi connectivity index (χ1) is 16.1. The highest BCUT2D eigenvalue weighted by atomic mass is 16.8. The molecule has 2 amide bonds. The summed E-state index contributed by atoms with van der Waals surface area (Å²) in [5.74, 6) is -0.626. The van der Waals surface area contributed by atoms with Crippen LogP contribution in [-0.4, -0.2) is 70.8 Å². The maximum Gasteiger partial charge on any atom is 0.354 e. The van der Waals surface area contributed by atoms with E-state index in [9.17, 15) is 14.7 Å². The molecule has 2 fully saturated rings. The fraction of sp³-hybridized carbons (Fsp3) is 0.478. The molecule has 2 aromatic rings. The Morgan fingerprint density at radius 1 is 1.29 bits per heavy atom. The number of carboxylic acids is 1. The maximum atomic E-state index is 13.3. The zero-order valence-corrected chi connectivity index (χ0v) is 19.3. The second kappa shape index (κ2) is 8.10. The standard InChI is InChI=1S/C23H27N5O6/c1-22(2)33-13-23(3,34-22)12-32-15-6-8-24-18(10-15)26-21(31)28-14-7-9-27(11-14)17-5-4-16(20(29)30)25-19(17)28/h4-6,8,10,14H,7,9,11-13H2,1-3H3,(H,29,30)(H,24,26,31)/t14?,23-/m1/s1. The van der Waals surface area contributed by atoms with Gasteiger partial charge in [-0.05, 0) is 45.4 Å². The van der Waals surface area contributed by atoms with Crippen LogP contribution in [0.1, 0.15) is 37.7 Å². The summed E-state index contributed by atoms with van der Waals surface area (Å²) in [4.78, 5) is 36.9. The molecule has 180 valence electrons. The van der Waals surface area contributed by atoms with Crippen LogP contribution in [0, 0.1) is 0 Å². The number of carbonyl (C=O) groups is 2. The Kier molecular flexibility index (Phi) is 5.33. The average Bonchev–Trinajstić information content (AvgIpc) is 3.33. The second-order valence-electron chi connectivity index (χ2n) is 9.44. The number of rotatable bonds is 5. The molecule has 0 saturated carbocycles. The summed E-state index contributed by atoms with van der Waals surface area (Å²) in [6.45, 7) is 7.76. The van der Waals surface area contributed by atoms with E-state index in [1.165, 1.54) is 11.0 Å². The molecule has 5 heterocycles. The number of aromatic carboxylic acids is 1. The van der Waals surface area contributed by atoms with Crippen molar-refractivity contribution in [1.82, 2.24) is 9.97 Å². The molecule has 3 aliphatic rings. The van der Waals surface area contributed by atoms with E-state index in [0.29, 0.717) is 30.5 Å². The molecule has 2 bridgehead atoms. The van der Waals surface area contributed by atoms with Crippen molar-refractivity contribution in [3.05, 3.63) is 36.2 Å². The summed E-state index contributed by atoms with van der Waals surface area (Å²) >= 11 is 0. The predicted octanol–water partition coefficient (Wildman–Crippen LogP) is 2.73. The van der Waals surface area contributed by atoms with Gasteiger partial charge >= 0.3 is 12.0 Å². The van der Waals surface area contributed by atoms with Crippen LogP contribution < -0.4 is 19.9 Å². The second-order valence-corrected chi connectivity index (χ2v) is 9.44. The highest BCUT2D eigenvalue weighted by Crippen LogP contribution is 2.39. The Bertz CT molecular complexity index is 1140. The van der Waals surface area contributed by atoms with E-state index in [1.807, 2.05) is 20.8 Å². The van der Waals surface area contributed by atoms with Crippen molar-refractivity contribution in [3.63, 3.8) is 0 Å². The maximum absolute atomic E-state index is 13.3. The minimum Gasteiger partial charge on any atom is -0.490 e. The zero-order valence-electron chi connectivity index (χ0n) is 19.3. The monoisotopic (exact) mass is 469 g/mol. The van der Waals surface area contributed by atoms with Gasteiger partial charge in [-0.2, -0.15) is 0 Å². The van der Waals surface area contributed by atoms with Gasteiger partial charge < -0.3 is 24.2 Å². The van der Waals surface area contributed by atoms with Gasteiger partial charge in [-0.3, -0.25) is 10.2 Å². The van der Waals surface area contributed by atoms with E-state index in [1.54, 1.807) is 24.4 Å². The van der Waals surface area contributed by atoms with Crippen molar-refractivity contribution >= 4 is 29.3 Å². The third-order valence-corrected chi connectivity index (χ3v) is 6.12. The van der Waals surface area contributed by atoms with Crippen LogP contribution in [0.2, 0.25) is 0 Å². The molecule has 2 saturated heterocycles. The summed E-state index contributed by atoms with van der Waals surface area (Å²) in [7, 11) is 0. The van der Waals surface area contributed by atoms with Crippen LogP contribution in [0.25, 0.3) is 0 Å². The first kappa shape index (κ1) is 22.4. The van der Waals surface area contributed by atoms with Gasteiger partial charge in [0.05, 0.1) is 18.3 Å². The Balaban J connectivity index is 1.32. The lowest BCUT2D eigenvalue weighted by molar-refractivity contribution is -0.162. The van der Waals surface area contributed by atoms with Gasteiger partial charge in [0.1, 0.15) is 23.8 Å². The van der Waals surface area contributed by atoms with E-state index >= 15 is 0 Å². The van der Waals surface area contributed by atoms with Crippen molar-refractivity contribution < 1.29 is 28.9 Å². The van der Waals surface area contributed by atoms with Crippen molar-refractivity contribution in [3.8, 4) is 5.75 Å². The quantitative estimate of drug-likeness (QED) is 0.680. The number of nitrogens with one attached hydrogen (secondary N) is 1. The lowest BCUT2D eigenvalue weighted by Crippen LogP contribution is -2.48. The molecule has 11 heteroatoms. The van der Waals surface area contributed by atoms with Crippen molar-refractivity contribution in [2.45, 2.75) is 44.6 Å². The molecule has 3 aliphatic heterocycles. The van der Waals surface area contributed by atoms with E-state index in [-0.39, 0.29) is 18.3 Å². The topological polar surface area (TPSA) is 126 Å². The lowest BCUT2D eigenvalue weighted by atomic mass is 10.1. The van der Waals surface area contributed by atoms with Crippen molar-refractivity contribution in [2.75, 3.05) is 41.4 Å². The van der Waals surface area contributed by atoms with E-state index in [4.69, 9.17) is 14.2 Å². The average molecular weight is 469 g/mol. The first-order valence-electron chi connectivity index (χ1n) is 11.1. The Morgan fingerprint density at radius 3 is 2.85 bits per heavy atom. The number of fused-ring (bicyclic) bond motifs is 4. The van der Waals surface area contributed by atoms with Gasteiger partial charge in [0.25, 0.3) is 0 Å². The fourth-order valence-electron chi connectivity index (χ4n) is 4.62. The number of carboxylic acid groups (broad SMARTS) is 1. The molecule has 0 radical (unpaired) electrons. The number of pyridine rings is 2. The summed E-state index contributed by atoms with van der Waals surface area (Å²) < 4.78 is 17.5. The smallest absolute Gasteiger partial charge is 0.354 e. The Hall–Kier alpha value is -3.44. The zero-order chi connectivity index (χ0) is 24.1. The van der Waals surface area contributed by atoms with Gasteiger partial charge in [0.15, 0.2) is 17.3 Å². The fourth-order valence-corrected chi connectivity index (χ4v) is 4.62. The third kappa shape index (κ3) is 4.24. The predicted molar refractivity (Wildman–Crippen MR) is 123 cm³/mol. The van der Waals surface area contributed by atoms with E-state index < -0.39 is 23.4 Å². The van der Waals surface area contributed by atoms with E-state index in [2.05, 4.69) is 20.2 Å². The molecule has 2 N–H and O–H groups in total. The number of urea groups is 1. The molecular formula is C23H27N5O6. The number of ether oxygens (including phenoxy) is 3. The molecule has 2 atom stereocenters. The van der Waals surface area contributed by atoms with Crippen LogP contribution in [0.4, 0.5) is 22.1 Å². The molecule has 2 aromatic heterocycles. The van der Waals surface area contributed by atoms with Crippen molar-refractivity contribution in [1.29, 1.82) is 0 Å². The molecule has 34 heavy (non-hydrogen) atoms. The summed E-state index contributed by atoms with van der Waals surface area (Å²) in [6, 6.07) is 5.97. The Labute approximate surface area is 196 Å². The number of amides is 2. The van der Waals surface area contributed by atoms with Gasteiger partial charge in [-0.25, -0.2) is 19.6 Å². The number of anilines is 3. The third-order valence-electron chi connectivity index (χ3n) is 6.12.